The summed E-state index contributed by atoms with van der Waals surface area (Å²) in [5, 5.41) is 4.56. The maximum Gasteiger partial charge on any atom is 0.280 e. The van der Waals surface area contributed by atoms with Crippen molar-refractivity contribution in [2.45, 2.75) is 20.0 Å². The number of ether oxygens (including phenoxy) is 1. The van der Waals surface area contributed by atoms with E-state index in [0.29, 0.717) is 10.8 Å². The maximum atomic E-state index is 12.0. The van der Waals surface area contributed by atoms with Gasteiger partial charge in [-0.2, -0.15) is 5.10 Å². The molecule has 0 spiro atoms. The number of benzene rings is 2. The Morgan fingerprint density at radius 1 is 1.30 bits per heavy atom. The molecule has 0 radical (unpaired) electrons. The number of hydrogen-bond acceptors (Lipinski definition) is 3. The molecule has 120 valence electrons. The zero-order valence-electron chi connectivity index (χ0n) is 12.7. The van der Waals surface area contributed by atoms with Crippen LogP contribution in [0.15, 0.2) is 52.0 Å². The summed E-state index contributed by atoms with van der Waals surface area (Å²) in [5.74, 6) is 0.293. The van der Waals surface area contributed by atoms with Gasteiger partial charge in [-0.15, -0.1) is 0 Å². The highest BCUT2D eigenvalue weighted by atomic mass is 79.9. The first kappa shape index (κ1) is 17.5. The van der Waals surface area contributed by atoms with Gasteiger partial charge in [0.2, 0.25) is 0 Å². The number of nitrogens with one attached hydrogen (secondary N) is 1. The van der Waals surface area contributed by atoms with Crippen LogP contribution in [0, 0.1) is 6.92 Å². The summed E-state index contributed by atoms with van der Waals surface area (Å²) in [4.78, 5) is 12.0. The van der Waals surface area contributed by atoms with Crippen LogP contribution in [-0.2, 0) is 4.79 Å². The maximum absolute atomic E-state index is 12.0. The van der Waals surface area contributed by atoms with Gasteiger partial charge in [0.1, 0.15) is 5.75 Å². The highest BCUT2D eigenvalue weighted by Gasteiger charge is 2.15. The number of halogens is 2. The van der Waals surface area contributed by atoms with Crippen LogP contribution in [0.25, 0.3) is 0 Å². The summed E-state index contributed by atoms with van der Waals surface area (Å²) in [7, 11) is 0. The molecule has 0 saturated carbocycles. The highest BCUT2D eigenvalue weighted by molar-refractivity contribution is 9.10. The van der Waals surface area contributed by atoms with Crippen LogP contribution in [-0.4, -0.2) is 18.2 Å². The van der Waals surface area contributed by atoms with Crippen molar-refractivity contribution >= 4 is 39.7 Å². The number of carbonyl (C=O) groups is 1. The van der Waals surface area contributed by atoms with Crippen LogP contribution in [0.4, 0.5) is 0 Å². The van der Waals surface area contributed by atoms with Crippen molar-refractivity contribution in [1.29, 1.82) is 0 Å². The van der Waals surface area contributed by atoms with Crippen LogP contribution in [0.5, 0.6) is 5.75 Å². The third-order valence-electron chi connectivity index (χ3n) is 3.07. The molecule has 0 heterocycles. The van der Waals surface area contributed by atoms with Gasteiger partial charge in [-0.1, -0.05) is 39.7 Å². The summed E-state index contributed by atoms with van der Waals surface area (Å²) in [5.41, 5.74) is 4.22. The predicted octanol–water partition coefficient (Wildman–Crippen LogP) is 4.33. The first-order chi connectivity index (χ1) is 11.0. The van der Waals surface area contributed by atoms with E-state index < -0.39 is 6.10 Å². The van der Waals surface area contributed by atoms with Gasteiger partial charge in [0.15, 0.2) is 6.10 Å². The smallest absolute Gasteiger partial charge is 0.280 e. The Morgan fingerprint density at radius 2 is 2.00 bits per heavy atom. The Kier molecular flexibility index (Phi) is 6.19. The minimum absolute atomic E-state index is 0.326. The average Bonchev–Trinajstić information content (AvgIpc) is 2.51. The first-order valence-corrected chi connectivity index (χ1v) is 8.14. The summed E-state index contributed by atoms with van der Waals surface area (Å²) in [6.45, 7) is 3.54. The molecule has 2 rings (SSSR count). The monoisotopic (exact) mass is 394 g/mol. The molecule has 1 atom stereocenters. The molecule has 0 fully saturated rings. The van der Waals surface area contributed by atoms with Crippen LogP contribution in [0.2, 0.25) is 5.02 Å². The minimum atomic E-state index is -0.669. The lowest BCUT2D eigenvalue weighted by molar-refractivity contribution is -0.127. The normalized spacial score (nSPS) is 12.2. The Morgan fingerprint density at radius 3 is 2.65 bits per heavy atom. The number of carbonyl (C=O) groups excluding carboxylic acids is 1. The lowest BCUT2D eigenvalue weighted by Gasteiger charge is -2.14. The zero-order chi connectivity index (χ0) is 16.8. The van der Waals surface area contributed by atoms with Crippen LogP contribution in [0.1, 0.15) is 18.1 Å². The van der Waals surface area contributed by atoms with E-state index >= 15 is 0 Å². The Hall–Kier alpha value is -1.85. The van der Waals surface area contributed by atoms with Crippen molar-refractivity contribution in [3.05, 3.63) is 63.1 Å². The van der Waals surface area contributed by atoms with E-state index in [-0.39, 0.29) is 5.91 Å². The molecule has 2 aromatic rings. The fourth-order valence-electron chi connectivity index (χ4n) is 1.80. The molecule has 0 aliphatic carbocycles. The van der Waals surface area contributed by atoms with E-state index in [9.17, 15) is 4.79 Å². The van der Waals surface area contributed by atoms with Crippen molar-refractivity contribution in [3.8, 4) is 5.75 Å². The Bertz CT molecular complexity index is 717. The van der Waals surface area contributed by atoms with Gasteiger partial charge in [0.25, 0.3) is 5.91 Å². The number of rotatable bonds is 5. The molecule has 0 saturated heterocycles. The largest absolute Gasteiger partial charge is 0.481 e. The second kappa shape index (κ2) is 8.13. The molecule has 1 amide bonds. The molecule has 0 bridgehead atoms. The van der Waals surface area contributed by atoms with Gasteiger partial charge >= 0.3 is 0 Å². The van der Waals surface area contributed by atoms with Crippen LogP contribution >= 0.6 is 27.5 Å². The molecular weight excluding hydrogens is 380 g/mol. The van der Waals surface area contributed by atoms with E-state index in [1.165, 1.54) is 0 Å². The number of hydrazone groups is 1. The Labute approximate surface area is 148 Å². The lowest BCUT2D eigenvalue weighted by atomic mass is 10.2. The molecule has 1 N–H and O–H groups in total. The second-order valence-corrected chi connectivity index (χ2v) is 6.31. The number of aryl methyl sites for hydroxylation is 1. The quantitative estimate of drug-likeness (QED) is 0.605. The van der Waals surface area contributed by atoms with Gasteiger partial charge in [0, 0.05) is 9.50 Å². The van der Waals surface area contributed by atoms with Gasteiger partial charge in [-0.3, -0.25) is 4.79 Å². The molecule has 0 aliphatic rings. The van der Waals surface area contributed by atoms with Crippen molar-refractivity contribution in [2.75, 3.05) is 0 Å². The molecule has 6 heteroatoms. The number of nitrogens with zero attached hydrogens (tertiary/aromatic N) is 1. The SMILES string of the molecule is Cc1cc(Cl)ccc1OC(C)C(=O)N/N=C/c1ccc(Br)cc1. The molecular formula is C17H16BrClN2O2. The minimum Gasteiger partial charge on any atom is -0.481 e. The summed E-state index contributed by atoms with van der Waals surface area (Å²) < 4.78 is 6.61. The summed E-state index contributed by atoms with van der Waals surface area (Å²) in [6, 6.07) is 12.8. The topological polar surface area (TPSA) is 50.7 Å². The lowest BCUT2D eigenvalue weighted by Crippen LogP contribution is -2.33. The average molecular weight is 396 g/mol. The molecule has 23 heavy (non-hydrogen) atoms. The van der Waals surface area contributed by atoms with Gasteiger partial charge in [-0.25, -0.2) is 5.43 Å². The standard InChI is InChI=1S/C17H16BrClN2O2/c1-11-9-15(19)7-8-16(11)23-12(2)17(22)21-20-10-13-3-5-14(18)6-4-13/h3-10,12H,1-2H3,(H,21,22)/b20-10+. The molecule has 0 aromatic heterocycles. The molecule has 0 aliphatic heterocycles. The van der Waals surface area contributed by atoms with E-state index in [1.807, 2.05) is 31.2 Å². The zero-order valence-corrected chi connectivity index (χ0v) is 15.1. The third kappa shape index (κ3) is 5.37. The van der Waals surface area contributed by atoms with Crippen LogP contribution < -0.4 is 10.2 Å². The number of hydrogen-bond donors (Lipinski definition) is 1. The van der Waals surface area contributed by atoms with E-state index in [0.717, 1.165) is 15.6 Å². The van der Waals surface area contributed by atoms with Crippen molar-refractivity contribution in [2.24, 2.45) is 5.10 Å². The fourth-order valence-corrected chi connectivity index (χ4v) is 2.29. The Balaban J connectivity index is 1.90. The van der Waals surface area contributed by atoms with E-state index in [1.54, 1.807) is 31.3 Å². The van der Waals surface area contributed by atoms with Crippen molar-refractivity contribution < 1.29 is 9.53 Å². The van der Waals surface area contributed by atoms with Gasteiger partial charge < -0.3 is 4.74 Å². The predicted molar refractivity (Wildman–Crippen MR) is 96.2 cm³/mol. The fraction of sp³-hybridized carbons (Fsp3) is 0.176. The van der Waals surface area contributed by atoms with Crippen molar-refractivity contribution in [3.63, 3.8) is 0 Å². The van der Waals surface area contributed by atoms with Gasteiger partial charge in [0.05, 0.1) is 6.21 Å². The summed E-state index contributed by atoms with van der Waals surface area (Å²) in [6.07, 6.45) is 0.905. The highest BCUT2D eigenvalue weighted by Crippen LogP contribution is 2.22. The number of amides is 1. The van der Waals surface area contributed by atoms with E-state index in [2.05, 4.69) is 26.5 Å². The third-order valence-corrected chi connectivity index (χ3v) is 3.83. The molecule has 4 nitrogen and oxygen atoms in total. The van der Waals surface area contributed by atoms with Crippen molar-refractivity contribution in [1.82, 2.24) is 5.43 Å². The summed E-state index contributed by atoms with van der Waals surface area (Å²) >= 11 is 9.25. The van der Waals surface area contributed by atoms with Crippen LogP contribution in [0.3, 0.4) is 0 Å². The van der Waals surface area contributed by atoms with Gasteiger partial charge in [-0.05, 0) is 55.3 Å². The second-order valence-electron chi connectivity index (χ2n) is 4.96. The van der Waals surface area contributed by atoms with E-state index in [4.69, 9.17) is 16.3 Å². The molecule has 1 unspecified atom stereocenters. The molecule has 2 aromatic carbocycles. The first-order valence-electron chi connectivity index (χ1n) is 6.97.